The fraction of sp³-hybridized carbons (Fsp3) is 0.353. The van der Waals surface area contributed by atoms with E-state index in [-0.39, 0.29) is 29.4 Å². The number of hydrogen-bond acceptors (Lipinski definition) is 12. The summed E-state index contributed by atoms with van der Waals surface area (Å²) in [6, 6.07) is 18.2. The lowest BCUT2D eigenvalue weighted by atomic mass is 9.91. The Kier molecular flexibility index (Phi) is 12.3. The van der Waals surface area contributed by atoms with Gasteiger partial charge in [-0.25, -0.2) is 9.78 Å². The first kappa shape index (κ1) is 35.0. The minimum atomic E-state index is -1.48. The number of thioether (sulfide) groups is 1. The van der Waals surface area contributed by atoms with Gasteiger partial charge in [0.1, 0.15) is 18.6 Å². The van der Waals surface area contributed by atoms with E-state index in [0.717, 1.165) is 10.5 Å². The van der Waals surface area contributed by atoms with E-state index >= 15 is 0 Å². The predicted octanol–water partition coefficient (Wildman–Crippen LogP) is 3.80. The van der Waals surface area contributed by atoms with Crippen molar-refractivity contribution in [2.24, 2.45) is 11.8 Å². The number of aromatic nitrogens is 1. The van der Waals surface area contributed by atoms with Crippen LogP contribution in [0.3, 0.4) is 0 Å². The van der Waals surface area contributed by atoms with Crippen LogP contribution in [0, 0.1) is 11.8 Å². The zero-order chi connectivity index (χ0) is 33.9. The molecule has 13 heteroatoms. The molecule has 1 N–H and O–H groups in total. The number of benzene rings is 2. The van der Waals surface area contributed by atoms with E-state index in [1.54, 1.807) is 26.0 Å². The van der Waals surface area contributed by atoms with Gasteiger partial charge in [-0.1, -0.05) is 62.4 Å². The third-order valence-electron chi connectivity index (χ3n) is 7.09. The summed E-state index contributed by atoms with van der Waals surface area (Å²) >= 11 is 1.24. The molecule has 1 aliphatic heterocycles. The van der Waals surface area contributed by atoms with E-state index in [2.05, 4.69) is 10.3 Å². The molecule has 1 aromatic heterocycles. The van der Waals surface area contributed by atoms with E-state index in [0.29, 0.717) is 0 Å². The van der Waals surface area contributed by atoms with Crippen molar-refractivity contribution < 1.29 is 47.7 Å². The summed E-state index contributed by atoms with van der Waals surface area (Å²) < 4.78 is 27.7. The van der Waals surface area contributed by atoms with Crippen molar-refractivity contribution in [2.75, 3.05) is 19.5 Å². The van der Waals surface area contributed by atoms with Gasteiger partial charge in [0.05, 0.1) is 18.8 Å². The third-order valence-corrected chi connectivity index (χ3v) is 8.07. The van der Waals surface area contributed by atoms with Gasteiger partial charge in [0.2, 0.25) is 5.75 Å². The molecule has 0 radical (unpaired) electrons. The molecule has 1 fully saturated rings. The second-order valence-electron chi connectivity index (χ2n) is 10.9. The third kappa shape index (κ3) is 9.55. The second kappa shape index (κ2) is 16.6. The van der Waals surface area contributed by atoms with Crippen molar-refractivity contribution in [1.29, 1.82) is 0 Å². The van der Waals surface area contributed by atoms with Crippen molar-refractivity contribution in [3.63, 3.8) is 0 Å². The number of carbonyl (C=O) groups is 5. The van der Waals surface area contributed by atoms with E-state index in [4.69, 9.17) is 23.7 Å². The van der Waals surface area contributed by atoms with Crippen molar-refractivity contribution in [3.05, 3.63) is 84.2 Å². The van der Waals surface area contributed by atoms with Gasteiger partial charge in [-0.3, -0.25) is 19.2 Å². The molecule has 0 unspecified atom stereocenters. The number of nitrogens with one attached hydrogen (secondary N) is 1. The van der Waals surface area contributed by atoms with Crippen molar-refractivity contribution in [1.82, 2.24) is 10.3 Å². The van der Waals surface area contributed by atoms with E-state index in [1.165, 1.54) is 38.1 Å². The van der Waals surface area contributed by atoms with Gasteiger partial charge in [0.25, 0.3) is 5.91 Å². The molecule has 0 saturated carbocycles. The molecule has 0 bridgehead atoms. The minimum absolute atomic E-state index is 0.0545. The maximum absolute atomic E-state index is 13.5. The van der Waals surface area contributed by atoms with Crippen LogP contribution in [-0.4, -0.2) is 72.5 Å². The van der Waals surface area contributed by atoms with Crippen LogP contribution in [0.15, 0.2) is 77.8 Å². The molecule has 3 aromatic rings. The number of pyridine rings is 1. The first-order valence-corrected chi connectivity index (χ1v) is 15.9. The summed E-state index contributed by atoms with van der Waals surface area (Å²) in [5, 5.41) is 2.47. The molecule has 0 spiro atoms. The molecular weight excluding hydrogens is 628 g/mol. The van der Waals surface area contributed by atoms with Gasteiger partial charge in [-0.05, 0) is 31.0 Å². The van der Waals surface area contributed by atoms with Gasteiger partial charge in [0, 0.05) is 17.2 Å². The molecule has 12 nitrogen and oxygen atoms in total. The highest BCUT2D eigenvalue weighted by Gasteiger charge is 2.42. The first-order chi connectivity index (χ1) is 22.6. The SMILES string of the molecule is COc1ccnc(C(=O)N[C@H]2COC(=O)[C@H](Cc3ccccc3)[C@@H](OC(=O)C(C)C)[C@H](C)OC2=O)c1OC(=O)CSc1ccccc1. The lowest BCUT2D eigenvalue weighted by molar-refractivity contribution is -0.176. The minimum Gasteiger partial charge on any atom is -0.493 e. The van der Waals surface area contributed by atoms with Gasteiger partial charge >= 0.3 is 23.9 Å². The van der Waals surface area contributed by atoms with Crippen LogP contribution >= 0.6 is 11.8 Å². The van der Waals surface area contributed by atoms with Gasteiger partial charge < -0.3 is 29.0 Å². The fourth-order valence-electron chi connectivity index (χ4n) is 4.63. The predicted molar refractivity (Wildman–Crippen MR) is 170 cm³/mol. The van der Waals surface area contributed by atoms with Crippen LogP contribution in [0.4, 0.5) is 0 Å². The molecule has 248 valence electrons. The Morgan fingerprint density at radius 1 is 1.00 bits per heavy atom. The standard InChI is InChI=1S/C34H36N2O10S/c1-20(2)32(39)46-29-21(3)44-34(41)25(18-43-33(40)24(29)17-22-11-7-5-8-12-22)36-31(38)28-30(26(42-4)15-16-35-28)45-27(37)19-47-23-13-9-6-10-14-23/h5-16,20-21,24-25,29H,17-19H2,1-4H3,(H,36,38)/t21-,24+,25-,29-/m0/s1. The lowest BCUT2D eigenvalue weighted by Gasteiger charge is -2.29. The van der Waals surface area contributed by atoms with Crippen LogP contribution in [0.2, 0.25) is 0 Å². The van der Waals surface area contributed by atoms with Crippen LogP contribution in [0.25, 0.3) is 0 Å². The second-order valence-corrected chi connectivity index (χ2v) is 12.0. The van der Waals surface area contributed by atoms with Crippen LogP contribution in [-0.2, 0) is 39.8 Å². The summed E-state index contributed by atoms with van der Waals surface area (Å²) in [7, 11) is 1.33. The molecule has 4 atom stereocenters. The number of nitrogens with zero attached hydrogens (tertiary/aromatic N) is 1. The maximum atomic E-state index is 13.5. The maximum Gasteiger partial charge on any atom is 0.332 e. The van der Waals surface area contributed by atoms with Crippen LogP contribution in [0.1, 0.15) is 36.8 Å². The quantitative estimate of drug-likeness (QED) is 0.180. The molecule has 1 aliphatic rings. The van der Waals surface area contributed by atoms with Gasteiger partial charge in [0.15, 0.2) is 23.6 Å². The van der Waals surface area contributed by atoms with Crippen molar-refractivity contribution in [3.8, 4) is 11.5 Å². The van der Waals surface area contributed by atoms with Gasteiger partial charge in [-0.15, -0.1) is 11.8 Å². The Morgan fingerprint density at radius 2 is 1.68 bits per heavy atom. The number of hydrogen-bond donors (Lipinski definition) is 1. The Labute approximate surface area is 276 Å². The number of rotatable bonds is 11. The molecule has 1 amide bonds. The summed E-state index contributed by atoms with van der Waals surface area (Å²) in [5.41, 5.74) is 0.427. The number of carbonyl (C=O) groups excluding carboxylic acids is 5. The Bertz CT molecular complexity index is 1570. The number of cyclic esters (lactones) is 2. The summed E-state index contributed by atoms with van der Waals surface area (Å²) in [6.45, 7) is 4.20. The van der Waals surface area contributed by atoms with E-state index in [9.17, 15) is 24.0 Å². The van der Waals surface area contributed by atoms with Crippen LogP contribution < -0.4 is 14.8 Å². The highest BCUT2D eigenvalue weighted by atomic mass is 32.2. The number of ether oxygens (including phenoxy) is 5. The zero-order valence-electron chi connectivity index (χ0n) is 26.4. The smallest absolute Gasteiger partial charge is 0.332 e. The molecule has 47 heavy (non-hydrogen) atoms. The largest absolute Gasteiger partial charge is 0.493 e. The molecule has 1 saturated heterocycles. The van der Waals surface area contributed by atoms with Crippen molar-refractivity contribution in [2.45, 2.75) is 50.3 Å². The topological polar surface area (TPSA) is 156 Å². The van der Waals surface area contributed by atoms with E-state index < -0.39 is 66.5 Å². The lowest BCUT2D eigenvalue weighted by Crippen LogP contribution is -2.47. The normalized spacial score (nSPS) is 19.7. The van der Waals surface area contributed by atoms with Crippen molar-refractivity contribution >= 4 is 41.5 Å². The van der Waals surface area contributed by atoms with E-state index in [1.807, 2.05) is 48.5 Å². The van der Waals surface area contributed by atoms with Gasteiger partial charge in [-0.2, -0.15) is 0 Å². The highest BCUT2D eigenvalue weighted by Crippen LogP contribution is 2.31. The zero-order valence-corrected chi connectivity index (χ0v) is 27.2. The first-order valence-electron chi connectivity index (χ1n) is 14.9. The molecule has 2 aromatic carbocycles. The Hall–Kier alpha value is -4.91. The number of amides is 1. The summed E-state index contributed by atoms with van der Waals surface area (Å²) in [6.07, 6.45) is -0.845. The average molecular weight is 665 g/mol. The summed E-state index contributed by atoms with van der Waals surface area (Å²) in [5.74, 6) is -5.66. The molecule has 2 heterocycles. The molecular formula is C34H36N2O10S. The number of methoxy groups -OCH3 is 1. The number of esters is 4. The van der Waals surface area contributed by atoms with Crippen LogP contribution in [0.5, 0.6) is 11.5 Å². The monoisotopic (exact) mass is 664 g/mol. The molecule has 0 aliphatic carbocycles. The molecule has 4 rings (SSSR count). The summed E-state index contributed by atoms with van der Waals surface area (Å²) in [4.78, 5) is 70.6. The highest BCUT2D eigenvalue weighted by molar-refractivity contribution is 8.00. The average Bonchev–Trinajstić information content (AvgIpc) is 3.10. The fourth-order valence-corrected chi connectivity index (χ4v) is 5.32. The Balaban J connectivity index is 1.54. The Morgan fingerprint density at radius 3 is 2.34 bits per heavy atom.